The molecule has 1 aliphatic rings. The lowest BCUT2D eigenvalue weighted by Crippen LogP contribution is -2.39. The van der Waals surface area contributed by atoms with Gasteiger partial charge < -0.3 is 20.9 Å². The van der Waals surface area contributed by atoms with Crippen LogP contribution < -0.4 is 15.8 Å². The highest BCUT2D eigenvalue weighted by atomic mass is 35.5. The number of amides is 1. The summed E-state index contributed by atoms with van der Waals surface area (Å²) in [5.74, 6) is 0.599. The molecule has 5 nitrogen and oxygen atoms in total. The van der Waals surface area contributed by atoms with Crippen LogP contribution in [0.2, 0.25) is 0 Å². The van der Waals surface area contributed by atoms with Gasteiger partial charge in [-0.3, -0.25) is 4.79 Å². The average molecular weight is 301 g/mol. The van der Waals surface area contributed by atoms with Crippen LogP contribution >= 0.6 is 12.4 Å². The molecule has 6 heteroatoms. The molecule has 112 valence electrons. The number of ether oxygens (including phenoxy) is 1. The quantitative estimate of drug-likeness (QED) is 0.747. The molecule has 4 N–H and O–H groups in total. The number of rotatable bonds is 5. The van der Waals surface area contributed by atoms with Crippen molar-refractivity contribution in [2.75, 3.05) is 13.1 Å². The molecule has 1 amide bonds. The van der Waals surface area contributed by atoms with Gasteiger partial charge in [0.2, 0.25) is 5.91 Å². The number of nitrogens with two attached hydrogens (primary N) is 1. The number of aliphatic hydroxyl groups is 1. The average Bonchev–Trinajstić information content (AvgIpc) is 2.78. The van der Waals surface area contributed by atoms with Gasteiger partial charge >= 0.3 is 0 Å². The Hall–Kier alpha value is -1.30. The van der Waals surface area contributed by atoms with Crippen LogP contribution in [0.1, 0.15) is 12.8 Å². The van der Waals surface area contributed by atoms with Gasteiger partial charge in [0.15, 0.2) is 0 Å². The second-order valence-electron chi connectivity index (χ2n) is 4.81. The smallest absolute Gasteiger partial charge is 0.233 e. The first-order chi connectivity index (χ1) is 9.20. The van der Waals surface area contributed by atoms with E-state index in [0.29, 0.717) is 6.54 Å². The Morgan fingerprint density at radius 1 is 1.35 bits per heavy atom. The van der Waals surface area contributed by atoms with E-state index in [1.165, 1.54) is 0 Å². The van der Waals surface area contributed by atoms with E-state index in [2.05, 4.69) is 5.32 Å². The highest BCUT2D eigenvalue weighted by Gasteiger charge is 2.36. The topological polar surface area (TPSA) is 84.6 Å². The summed E-state index contributed by atoms with van der Waals surface area (Å²) in [5.41, 5.74) is 5.22. The summed E-state index contributed by atoms with van der Waals surface area (Å²) in [7, 11) is 0. The van der Waals surface area contributed by atoms with Gasteiger partial charge in [-0.25, -0.2) is 0 Å². The van der Waals surface area contributed by atoms with E-state index in [-0.39, 0.29) is 36.9 Å². The molecule has 0 radical (unpaired) electrons. The number of hydrogen-bond acceptors (Lipinski definition) is 4. The highest BCUT2D eigenvalue weighted by Crippen LogP contribution is 2.29. The molecule has 1 saturated carbocycles. The van der Waals surface area contributed by atoms with Crippen molar-refractivity contribution >= 4 is 18.3 Å². The van der Waals surface area contributed by atoms with E-state index in [4.69, 9.17) is 10.5 Å². The fraction of sp³-hybridized carbons (Fsp3) is 0.500. The van der Waals surface area contributed by atoms with Crippen LogP contribution in [0, 0.1) is 5.92 Å². The molecule has 0 heterocycles. The zero-order valence-corrected chi connectivity index (χ0v) is 12.0. The minimum absolute atomic E-state index is 0. The molecular formula is C14H21ClN2O3. The summed E-state index contributed by atoms with van der Waals surface area (Å²) in [4.78, 5) is 11.1. The highest BCUT2D eigenvalue weighted by molar-refractivity contribution is 5.85. The molecule has 2 rings (SSSR count). The van der Waals surface area contributed by atoms with Crippen molar-refractivity contribution in [2.24, 2.45) is 11.7 Å². The van der Waals surface area contributed by atoms with Gasteiger partial charge in [0.1, 0.15) is 11.9 Å². The van der Waals surface area contributed by atoms with Crippen LogP contribution in [-0.4, -0.2) is 36.3 Å². The fourth-order valence-electron chi connectivity index (χ4n) is 2.37. The number of nitrogens with one attached hydrogen (secondary N) is 1. The molecule has 1 fully saturated rings. The lowest BCUT2D eigenvalue weighted by Gasteiger charge is -2.21. The van der Waals surface area contributed by atoms with Crippen molar-refractivity contribution in [3.8, 4) is 5.75 Å². The molecule has 0 spiro atoms. The molecule has 20 heavy (non-hydrogen) atoms. The number of aliphatic hydroxyl groups excluding tert-OH is 1. The Morgan fingerprint density at radius 2 is 2.05 bits per heavy atom. The monoisotopic (exact) mass is 300 g/mol. The molecule has 0 aromatic heterocycles. The largest absolute Gasteiger partial charge is 0.488 e. The Balaban J connectivity index is 0.00000200. The first-order valence-electron chi connectivity index (χ1n) is 6.57. The molecule has 1 aromatic carbocycles. The molecule has 1 aromatic rings. The Kier molecular flexibility index (Phi) is 6.78. The summed E-state index contributed by atoms with van der Waals surface area (Å²) >= 11 is 0. The molecule has 3 atom stereocenters. The standard InChI is InChI=1S/C14H20N2O3.ClH/c15-8-13(17)16-9-10-6-7-12(14(10)18)19-11-4-2-1-3-5-11;/h1-5,10,12,14,18H,6-9,15H2,(H,16,17);1H/t10-,12-,14-;/m1./s1. The number of hydrogen-bond donors (Lipinski definition) is 3. The van der Waals surface area contributed by atoms with Crippen LogP contribution in [-0.2, 0) is 4.79 Å². The summed E-state index contributed by atoms with van der Waals surface area (Å²) in [6.45, 7) is 0.429. The Labute approximate surface area is 124 Å². The number of benzene rings is 1. The van der Waals surface area contributed by atoms with Gasteiger partial charge in [0.25, 0.3) is 0 Å². The van der Waals surface area contributed by atoms with Crippen molar-refractivity contribution in [3.63, 3.8) is 0 Å². The van der Waals surface area contributed by atoms with E-state index >= 15 is 0 Å². The normalized spacial score (nSPS) is 24.8. The van der Waals surface area contributed by atoms with E-state index < -0.39 is 6.10 Å². The molecule has 1 aliphatic carbocycles. The molecule has 0 bridgehead atoms. The van der Waals surface area contributed by atoms with Gasteiger partial charge in [-0.2, -0.15) is 0 Å². The van der Waals surface area contributed by atoms with Gasteiger partial charge in [0.05, 0.1) is 12.6 Å². The predicted octanol–water partition coefficient (Wildman–Crippen LogP) is 0.702. The summed E-state index contributed by atoms with van der Waals surface area (Å²) in [6, 6.07) is 9.46. The second-order valence-corrected chi connectivity index (χ2v) is 4.81. The van der Waals surface area contributed by atoms with Crippen LogP contribution in [0.15, 0.2) is 30.3 Å². The number of carbonyl (C=O) groups is 1. The minimum atomic E-state index is -0.557. The third-order valence-electron chi connectivity index (χ3n) is 3.46. The predicted molar refractivity (Wildman–Crippen MR) is 78.9 cm³/mol. The van der Waals surface area contributed by atoms with Gasteiger partial charge in [-0.05, 0) is 25.0 Å². The van der Waals surface area contributed by atoms with E-state index in [1.54, 1.807) is 0 Å². The van der Waals surface area contributed by atoms with Crippen molar-refractivity contribution in [1.82, 2.24) is 5.32 Å². The third kappa shape index (κ3) is 4.37. The first kappa shape index (κ1) is 16.8. The van der Waals surface area contributed by atoms with Crippen molar-refractivity contribution < 1.29 is 14.6 Å². The summed E-state index contributed by atoms with van der Waals surface area (Å²) in [6.07, 6.45) is 0.864. The van der Waals surface area contributed by atoms with E-state index in [0.717, 1.165) is 18.6 Å². The van der Waals surface area contributed by atoms with Gasteiger partial charge in [-0.15, -0.1) is 12.4 Å². The minimum Gasteiger partial charge on any atom is -0.488 e. The van der Waals surface area contributed by atoms with Gasteiger partial charge in [0, 0.05) is 12.5 Å². The maximum atomic E-state index is 11.1. The maximum absolute atomic E-state index is 11.1. The summed E-state index contributed by atoms with van der Waals surface area (Å²) < 4.78 is 5.76. The van der Waals surface area contributed by atoms with Crippen LogP contribution in [0.3, 0.4) is 0 Å². The molecule has 0 unspecified atom stereocenters. The van der Waals surface area contributed by atoms with Crippen LogP contribution in [0.5, 0.6) is 5.75 Å². The molecule has 0 aliphatic heterocycles. The molecular weight excluding hydrogens is 280 g/mol. The third-order valence-corrected chi connectivity index (χ3v) is 3.46. The number of para-hydroxylation sites is 1. The zero-order chi connectivity index (χ0) is 13.7. The Bertz CT molecular complexity index is 416. The maximum Gasteiger partial charge on any atom is 0.233 e. The second kappa shape index (κ2) is 8.09. The van der Waals surface area contributed by atoms with Crippen LogP contribution in [0.25, 0.3) is 0 Å². The van der Waals surface area contributed by atoms with Crippen molar-refractivity contribution in [3.05, 3.63) is 30.3 Å². The lowest BCUT2D eigenvalue weighted by molar-refractivity contribution is -0.120. The Morgan fingerprint density at radius 3 is 2.70 bits per heavy atom. The van der Waals surface area contributed by atoms with Crippen molar-refractivity contribution in [2.45, 2.75) is 25.0 Å². The zero-order valence-electron chi connectivity index (χ0n) is 11.2. The SMILES string of the molecule is Cl.NCC(=O)NC[C@H]1CC[C@@H](Oc2ccccc2)[C@@H]1O. The van der Waals surface area contributed by atoms with Gasteiger partial charge in [-0.1, -0.05) is 18.2 Å². The molecule has 0 saturated heterocycles. The van der Waals surface area contributed by atoms with Crippen LogP contribution in [0.4, 0.5) is 0 Å². The number of halogens is 1. The van der Waals surface area contributed by atoms with Crippen molar-refractivity contribution in [1.29, 1.82) is 0 Å². The summed E-state index contributed by atoms with van der Waals surface area (Å²) in [5, 5.41) is 12.9. The fourth-order valence-corrected chi connectivity index (χ4v) is 2.37. The lowest BCUT2D eigenvalue weighted by atomic mass is 10.1. The number of carbonyl (C=O) groups excluding carboxylic acids is 1. The van der Waals surface area contributed by atoms with E-state index in [1.807, 2.05) is 30.3 Å². The van der Waals surface area contributed by atoms with E-state index in [9.17, 15) is 9.90 Å². The first-order valence-corrected chi connectivity index (χ1v) is 6.57.